The lowest BCUT2D eigenvalue weighted by atomic mass is 10.1. The van der Waals surface area contributed by atoms with Crippen LogP contribution in [-0.2, 0) is 4.79 Å². The van der Waals surface area contributed by atoms with E-state index in [2.05, 4.69) is 61.8 Å². The molecule has 1 unspecified atom stereocenters. The standard InChI is InChI=1S/C21H31NOS2/c1-5-6-12-22-21(23)18(3)14-19(13-17(2)15-24-4)16-25-20-10-8-7-9-11-20/h7-11,13-14,18H,5-6,12,15-16H2,1-4H3,(H,22,23)/b17-13-,19-14+. The van der Waals surface area contributed by atoms with Crippen LogP contribution in [0.3, 0.4) is 0 Å². The summed E-state index contributed by atoms with van der Waals surface area (Å²) in [5.41, 5.74) is 2.56. The average Bonchev–Trinajstić information content (AvgIpc) is 2.60. The van der Waals surface area contributed by atoms with Crippen molar-refractivity contribution in [3.63, 3.8) is 0 Å². The summed E-state index contributed by atoms with van der Waals surface area (Å²) in [6, 6.07) is 10.4. The Morgan fingerprint density at radius 2 is 1.96 bits per heavy atom. The van der Waals surface area contributed by atoms with Crippen LogP contribution in [0.5, 0.6) is 0 Å². The molecule has 0 aliphatic heterocycles. The van der Waals surface area contributed by atoms with Crippen molar-refractivity contribution in [3.05, 3.63) is 53.6 Å². The first-order valence-electron chi connectivity index (χ1n) is 8.89. The number of rotatable bonds is 11. The van der Waals surface area contributed by atoms with Crippen molar-refractivity contribution < 1.29 is 4.79 Å². The Labute approximate surface area is 161 Å². The summed E-state index contributed by atoms with van der Waals surface area (Å²) in [7, 11) is 0. The van der Waals surface area contributed by atoms with E-state index in [1.165, 1.54) is 16.0 Å². The maximum absolute atomic E-state index is 12.3. The molecule has 138 valence electrons. The third-order valence-electron chi connectivity index (χ3n) is 3.66. The van der Waals surface area contributed by atoms with Crippen molar-refractivity contribution in [3.8, 4) is 0 Å². The van der Waals surface area contributed by atoms with Gasteiger partial charge in [-0.2, -0.15) is 11.8 Å². The van der Waals surface area contributed by atoms with Gasteiger partial charge in [-0.05, 0) is 37.3 Å². The SMILES string of the molecule is CCCCNC(=O)C(C)/C=C(\C=C(\C)CSC)CSc1ccccc1. The van der Waals surface area contributed by atoms with Gasteiger partial charge in [0, 0.05) is 22.9 Å². The van der Waals surface area contributed by atoms with E-state index in [1.54, 1.807) is 0 Å². The van der Waals surface area contributed by atoms with E-state index in [-0.39, 0.29) is 11.8 Å². The van der Waals surface area contributed by atoms with Gasteiger partial charge in [0.15, 0.2) is 0 Å². The molecule has 1 atom stereocenters. The first-order valence-corrected chi connectivity index (χ1v) is 11.3. The van der Waals surface area contributed by atoms with Gasteiger partial charge in [-0.15, -0.1) is 11.8 Å². The fourth-order valence-corrected chi connectivity index (χ4v) is 3.75. The summed E-state index contributed by atoms with van der Waals surface area (Å²) in [6.45, 7) is 7.03. The van der Waals surface area contributed by atoms with Crippen LogP contribution < -0.4 is 5.32 Å². The lowest BCUT2D eigenvalue weighted by Gasteiger charge is -2.11. The Balaban J connectivity index is 2.77. The third kappa shape index (κ3) is 9.81. The normalized spacial score (nSPS) is 13.6. The van der Waals surface area contributed by atoms with Gasteiger partial charge in [-0.3, -0.25) is 4.79 Å². The van der Waals surface area contributed by atoms with E-state index in [0.717, 1.165) is 30.9 Å². The van der Waals surface area contributed by atoms with Crippen LogP contribution in [0.15, 0.2) is 58.5 Å². The highest BCUT2D eigenvalue weighted by Gasteiger charge is 2.10. The number of carbonyl (C=O) groups excluding carboxylic acids is 1. The first-order chi connectivity index (χ1) is 12.1. The number of carbonyl (C=O) groups is 1. The van der Waals surface area contributed by atoms with Crippen LogP contribution in [0.4, 0.5) is 0 Å². The van der Waals surface area contributed by atoms with Gasteiger partial charge in [0.05, 0.1) is 5.92 Å². The largest absolute Gasteiger partial charge is 0.356 e. The molecule has 1 aromatic carbocycles. The molecule has 0 aliphatic rings. The maximum Gasteiger partial charge on any atom is 0.226 e. The molecule has 1 rings (SSSR count). The van der Waals surface area contributed by atoms with Crippen molar-refractivity contribution in [2.75, 3.05) is 24.3 Å². The second-order valence-electron chi connectivity index (χ2n) is 6.20. The molecule has 0 aromatic heterocycles. The Kier molecular flexibility index (Phi) is 11.5. The molecule has 1 amide bonds. The molecule has 0 aliphatic carbocycles. The Hall–Kier alpha value is -1.13. The van der Waals surface area contributed by atoms with Crippen molar-refractivity contribution in [1.29, 1.82) is 0 Å². The molecule has 2 nitrogen and oxygen atoms in total. The highest BCUT2D eigenvalue weighted by atomic mass is 32.2. The Bertz CT molecular complexity index is 567. The summed E-state index contributed by atoms with van der Waals surface area (Å²) >= 11 is 3.64. The smallest absolute Gasteiger partial charge is 0.226 e. The lowest BCUT2D eigenvalue weighted by Crippen LogP contribution is -2.29. The fourth-order valence-electron chi connectivity index (χ4n) is 2.35. The monoisotopic (exact) mass is 377 g/mol. The fraction of sp³-hybridized carbons (Fsp3) is 0.476. The molecular formula is C21H31NOS2. The first kappa shape index (κ1) is 21.9. The van der Waals surface area contributed by atoms with Gasteiger partial charge in [0.2, 0.25) is 5.91 Å². The zero-order valence-electron chi connectivity index (χ0n) is 15.9. The van der Waals surface area contributed by atoms with Crippen LogP contribution >= 0.6 is 23.5 Å². The number of amides is 1. The zero-order chi connectivity index (χ0) is 18.5. The molecule has 1 aromatic rings. The average molecular weight is 378 g/mol. The van der Waals surface area contributed by atoms with E-state index in [1.807, 2.05) is 36.5 Å². The molecule has 1 N–H and O–H groups in total. The molecule has 0 heterocycles. The van der Waals surface area contributed by atoms with E-state index < -0.39 is 0 Å². The van der Waals surface area contributed by atoms with E-state index in [4.69, 9.17) is 0 Å². The second kappa shape index (κ2) is 13.1. The summed E-state index contributed by atoms with van der Waals surface area (Å²) in [6.07, 6.45) is 8.60. The highest BCUT2D eigenvalue weighted by Crippen LogP contribution is 2.22. The molecule has 0 bridgehead atoms. The minimum Gasteiger partial charge on any atom is -0.356 e. The Morgan fingerprint density at radius 3 is 2.60 bits per heavy atom. The minimum atomic E-state index is -0.110. The molecule has 0 radical (unpaired) electrons. The lowest BCUT2D eigenvalue weighted by molar-refractivity contribution is -0.123. The number of hydrogen-bond donors (Lipinski definition) is 1. The van der Waals surface area contributed by atoms with Crippen LogP contribution in [-0.4, -0.2) is 30.2 Å². The third-order valence-corrected chi connectivity index (χ3v) is 5.49. The van der Waals surface area contributed by atoms with Gasteiger partial charge in [0.25, 0.3) is 0 Å². The van der Waals surface area contributed by atoms with Crippen molar-refractivity contribution in [2.24, 2.45) is 5.92 Å². The van der Waals surface area contributed by atoms with Crippen LogP contribution in [0.1, 0.15) is 33.6 Å². The maximum atomic E-state index is 12.3. The predicted octanol–water partition coefficient (Wildman–Crippen LogP) is 5.57. The second-order valence-corrected chi connectivity index (χ2v) is 8.12. The number of benzene rings is 1. The van der Waals surface area contributed by atoms with Crippen LogP contribution in [0.2, 0.25) is 0 Å². The molecule has 0 fully saturated rings. The number of allylic oxidation sites excluding steroid dienone is 1. The number of unbranched alkanes of at least 4 members (excludes halogenated alkanes) is 1. The minimum absolute atomic E-state index is 0.110. The zero-order valence-corrected chi connectivity index (χ0v) is 17.5. The van der Waals surface area contributed by atoms with Gasteiger partial charge in [-0.25, -0.2) is 0 Å². The van der Waals surface area contributed by atoms with Crippen LogP contribution in [0, 0.1) is 5.92 Å². The molecule has 4 heteroatoms. The van der Waals surface area contributed by atoms with Gasteiger partial charge in [-0.1, -0.05) is 56.2 Å². The van der Waals surface area contributed by atoms with Crippen molar-refractivity contribution >= 4 is 29.4 Å². The molecule has 0 spiro atoms. The summed E-state index contributed by atoms with van der Waals surface area (Å²) in [5, 5.41) is 3.03. The molecular weight excluding hydrogens is 346 g/mol. The summed E-state index contributed by atoms with van der Waals surface area (Å²) in [4.78, 5) is 13.5. The van der Waals surface area contributed by atoms with Gasteiger partial charge < -0.3 is 5.32 Å². The van der Waals surface area contributed by atoms with E-state index in [0.29, 0.717) is 0 Å². The Morgan fingerprint density at radius 1 is 1.24 bits per heavy atom. The van der Waals surface area contributed by atoms with E-state index >= 15 is 0 Å². The van der Waals surface area contributed by atoms with Gasteiger partial charge >= 0.3 is 0 Å². The number of nitrogens with one attached hydrogen (secondary N) is 1. The topological polar surface area (TPSA) is 29.1 Å². The van der Waals surface area contributed by atoms with Crippen LogP contribution in [0.25, 0.3) is 0 Å². The van der Waals surface area contributed by atoms with Gasteiger partial charge in [0.1, 0.15) is 0 Å². The van der Waals surface area contributed by atoms with Crippen molar-refractivity contribution in [2.45, 2.75) is 38.5 Å². The molecule has 0 saturated heterocycles. The highest BCUT2D eigenvalue weighted by molar-refractivity contribution is 7.99. The summed E-state index contributed by atoms with van der Waals surface area (Å²) < 4.78 is 0. The predicted molar refractivity (Wildman–Crippen MR) is 114 cm³/mol. The van der Waals surface area contributed by atoms with E-state index in [9.17, 15) is 4.79 Å². The number of hydrogen-bond acceptors (Lipinski definition) is 3. The summed E-state index contributed by atoms with van der Waals surface area (Å²) in [5.74, 6) is 1.90. The quantitative estimate of drug-likeness (QED) is 0.311. The number of thioether (sulfide) groups is 2. The molecule has 25 heavy (non-hydrogen) atoms. The molecule has 0 saturated carbocycles. The van der Waals surface area contributed by atoms with Crippen molar-refractivity contribution in [1.82, 2.24) is 5.32 Å².